The Morgan fingerprint density at radius 2 is 2.04 bits per heavy atom. The van der Waals surface area contributed by atoms with E-state index in [1.165, 1.54) is 12.1 Å². The second kappa shape index (κ2) is 6.77. The summed E-state index contributed by atoms with van der Waals surface area (Å²) in [6.07, 6.45) is -0.0534. The molecule has 0 saturated carbocycles. The van der Waals surface area contributed by atoms with Gasteiger partial charge in [-0.1, -0.05) is 18.2 Å². The number of halogens is 2. The Labute approximate surface area is 138 Å². The molecule has 0 aromatic heterocycles. The van der Waals surface area contributed by atoms with Crippen LogP contribution in [-0.4, -0.2) is 27.4 Å². The van der Waals surface area contributed by atoms with Gasteiger partial charge in [0.1, 0.15) is 17.1 Å². The maximum atomic E-state index is 14.5. The Kier molecular flexibility index (Phi) is 5.36. The summed E-state index contributed by atoms with van der Waals surface area (Å²) >= 11 is 0. The lowest BCUT2D eigenvalue weighted by Crippen LogP contribution is -2.30. The average Bonchev–Trinajstić information content (AvgIpc) is 3.01. The van der Waals surface area contributed by atoms with Crippen molar-refractivity contribution >= 4 is 16.7 Å². The van der Waals surface area contributed by atoms with E-state index in [2.05, 4.69) is 4.40 Å². The Morgan fingerprint density at radius 3 is 2.61 bits per heavy atom. The van der Waals surface area contributed by atoms with Gasteiger partial charge >= 0.3 is 0 Å². The van der Waals surface area contributed by atoms with Crippen LogP contribution in [-0.2, 0) is 21.6 Å². The summed E-state index contributed by atoms with van der Waals surface area (Å²) in [5.41, 5.74) is 0.957. The first kappa shape index (κ1) is 18.2. The standard InChI is InChI=1S/C17H23F2NO2S/c1-12(20-23(21)16(2,3)4)13-7-5-8-14(11-13)17(18,19)15-9-6-10-22-15/h5,7-8,11,15H,6,9-10H2,1-4H3. The summed E-state index contributed by atoms with van der Waals surface area (Å²) < 4.78 is 50.0. The highest BCUT2D eigenvalue weighted by molar-refractivity contribution is 7.85. The highest BCUT2D eigenvalue weighted by Gasteiger charge is 2.44. The van der Waals surface area contributed by atoms with Crippen LogP contribution >= 0.6 is 0 Å². The molecule has 2 rings (SSSR count). The largest absolute Gasteiger partial charge is 0.372 e. The smallest absolute Gasteiger partial charge is 0.298 e. The number of rotatable bonds is 4. The Morgan fingerprint density at radius 1 is 1.35 bits per heavy atom. The second-order valence-corrected chi connectivity index (χ2v) is 8.65. The van der Waals surface area contributed by atoms with Crippen LogP contribution in [0.5, 0.6) is 0 Å². The molecule has 1 aliphatic rings. The normalized spacial score (nSPS) is 21.5. The lowest BCUT2D eigenvalue weighted by molar-refractivity contribution is -0.122. The maximum Gasteiger partial charge on any atom is 0.298 e. The van der Waals surface area contributed by atoms with E-state index in [1.807, 2.05) is 20.8 Å². The molecule has 1 saturated heterocycles. The molecule has 1 fully saturated rings. The molecule has 3 nitrogen and oxygen atoms in total. The Balaban J connectivity index is 2.29. The molecule has 0 aliphatic carbocycles. The van der Waals surface area contributed by atoms with Gasteiger partial charge < -0.3 is 4.74 Å². The Hall–Kier alpha value is -1.14. The van der Waals surface area contributed by atoms with Gasteiger partial charge in [-0.2, -0.15) is 13.2 Å². The molecule has 128 valence electrons. The minimum atomic E-state index is -3.03. The molecule has 1 aromatic rings. The van der Waals surface area contributed by atoms with Gasteiger partial charge in [-0.05, 0) is 52.2 Å². The first-order valence-electron chi connectivity index (χ1n) is 7.70. The first-order chi connectivity index (χ1) is 10.6. The van der Waals surface area contributed by atoms with Crippen LogP contribution in [0.1, 0.15) is 51.7 Å². The summed E-state index contributed by atoms with van der Waals surface area (Å²) in [5.74, 6) is -3.03. The highest BCUT2D eigenvalue weighted by atomic mass is 32.2. The van der Waals surface area contributed by atoms with Crippen molar-refractivity contribution in [2.75, 3.05) is 6.61 Å². The van der Waals surface area contributed by atoms with Crippen LogP contribution in [0.2, 0.25) is 0 Å². The van der Waals surface area contributed by atoms with Crippen molar-refractivity contribution in [2.24, 2.45) is 4.40 Å². The number of alkyl halides is 2. The zero-order valence-corrected chi connectivity index (χ0v) is 14.8. The van der Waals surface area contributed by atoms with Crippen molar-refractivity contribution in [1.29, 1.82) is 0 Å². The summed E-state index contributed by atoms with van der Waals surface area (Å²) in [6.45, 7) is 7.53. The molecule has 2 atom stereocenters. The van der Waals surface area contributed by atoms with Crippen molar-refractivity contribution in [1.82, 2.24) is 0 Å². The second-order valence-electron chi connectivity index (χ2n) is 6.74. The van der Waals surface area contributed by atoms with Crippen molar-refractivity contribution in [3.8, 4) is 0 Å². The molecule has 2 unspecified atom stereocenters. The van der Waals surface area contributed by atoms with Crippen molar-refractivity contribution in [3.05, 3.63) is 35.4 Å². The number of ether oxygens (including phenoxy) is 1. The third kappa shape index (κ3) is 4.23. The number of hydrogen-bond donors (Lipinski definition) is 0. The van der Waals surface area contributed by atoms with Gasteiger partial charge in [-0.15, -0.1) is 0 Å². The maximum absolute atomic E-state index is 14.5. The highest BCUT2D eigenvalue weighted by Crippen LogP contribution is 2.38. The minimum absolute atomic E-state index is 0.0852. The zero-order chi connectivity index (χ0) is 17.3. The van der Waals surface area contributed by atoms with Crippen LogP contribution in [0.25, 0.3) is 0 Å². The third-order valence-corrected chi connectivity index (χ3v) is 5.23. The van der Waals surface area contributed by atoms with Gasteiger partial charge in [0, 0.05) is 12.2 Å². The van der Waals surface area contributed by atoms with Gasteiger partial charge in [0.05, 0.1) is 10.5 Å². The molecule has 0 spiro atoms. The van der Waals surface area contributed by atoms with Gasteiger partial charge in [0.2, 0.25) is 0 Å². The van der Waals surface area contributed by atoms with Gasteiger partial charge in [-0.25, -0.2) is 4.21 Å². The fraction of sp³-hybridized carbons (Fsp3) is 0.588. The molecule has 1 aliphatic heterocycles. The molecule has 1 heterocycles. The summed E-state index contributed by atoms with van der Waals surface area (Å²) in [4.78, 5) is 0. The lowest BCUT2D eigenvalue weighted by Gasteiger charge is -2.23. The van der Waals surface area contributed by atoms with Gasteiger partial charge in [0.25, 0.3) is 5.92 Å². The van der Waals surface area contributed by atoms with Crippen molar-refractivity contribution in [3.63, 3.8) is 0 Å². The van der Waals surface area contributed by atoms with E-state index in [1.54, 1.807) is 19.1 Å². The van der Waals surface area contributed by atoms with Crippen LogP contribution < -0.4 is 0 Å². The van der Waals surface area contributed by atoms with E-state index < -0.39 is 27.8 Å². The average molecular weight is 343 g/mol. The molecule has 0 bridgehead atoms. The molecule has 6 heteroatoms. The van der Waals surface area contributed by atoms with E-state index >= 15 is 0 Å². The van der Waals surface area contributed by atoms with Crippen LogP contribution in [0, 0.1) is 0 Å². The molecular weight excluding hydrogens is 320 g/mol. The summed E-state index contributed by atoms with van der Waals surface area (Å²) in [5, 5.41) is 0. The first-order valence-corrected chi connectivity index (χ1v) is 8.80. The van der Waals surface area contributed by atoms with Crippen LogP contribution in [0.3, 0.4) is 0 Å². The van der Waals surface area contributed by atoms with E-state index in [0.29, 0.717) is 30.7 Å². The summed E-state index contributed by atoms with van der Waals surface area (Å²) in [6, 6.07) is 6.10. The number of benzene rings is 1. The van der Waals surface area contributed by atoms with E-state index in [9.17, 15) is 13.0 Å². The molecule has 0 radical (unpaired) electrons. The third-order valence-electron chi connectivity index (χ3n) is 3.74. The topological polar surface area (TPSA) is 38.7 Å². The van der Waals surface area contributed by atoms with Gasteiger partial charge in [-0.3, -0.25) is 0 Å². The number of nitrogens with zero attached hydrogens (tertiary/aromatic N) is 1. The van der Waals surface area contributed by atoms with E-state index in [-0.39, 0.29) is 5.56 Å². The minimum Gasteiger partial charge on any atom is -0.372 e. The molecule has 23 heavy (non-hydrogen) atoms. The molecule has 0 amide bonds. The predicted octanol–water partition coefficient (Wildman–Crippen LogP) is 4.23. The molecular formula is C17H23F2NO2S. The quantitative estimate of drug-likeness (QED) is 0.768. The zero-order valence-electron chi connectivity index (χ0n) is 13.9. The van der Waals surface area contributed by atoms with Gasteiger partial charge in [0.15, 0.2) is 0 Å². The fourth-order valence-electron chi connectivity index (χ4n) is 2.32. The summed E-state index contributed by atoms with van der Waals surface area (Å²) in [7, 11) is -1.42. The predicted molar refractivity (Wildman–Crippen MR) is 89.4 cm³/mol. The van der Waals surface area contributed by atoms with Crippen LogP contribution in [0.4, 0.5) is 8.78 Å². The molecule has 1 aromatic carbocycles. The Bertz CT molecular complexity index is 617. The number of hydrogen-bond acceptors (Lipinski definition) is 2. The molecule has 0 N–H and O–H groups in total. The van der Waals surface area contributed by atoms with Crippen molar-refractivity contribution < 1.29 is 17.7 Å². The van der Waals surface area contributed by atoms with Crippen LogP contribution in [0.15, 0.2) is 28.7 Å². The fourth-order valence-corrected chi connectivity index (χ4v) is 2.94. The lowest BCUT2D eigenvalue weighted by atomic mass is 9.98. The van der Waals surface area contributed by atoms with E-state index in [0.717, 1.165) is 0 Å². The SMILES string of the molecule is CC(=NS(=O)C(C)(C)C)c1cccc(C(F)(F)C2CCCO2)c1. The van der Waals surface area contributed by atoms with Crippen molar-refractivity contribution in [2.45, 2.75) is 57.3 Å². The van der Waals surface area contributed by atoms with E-state index in [4.69, 9.17) is 4.74 Å². The monoisotopic (exact) mass is 343 g/mol.